The van der Waals surface area contributed by atoms with Crippen LogP contribution in [0.15, 0.2) is 41.7 Å². The Morgan fingerprint density at radius 3 is 2.80 bits per heavy atom. The summed E-state index contributed by atoms with van der Waals surface area (Å²) in [6.45, 7) is 3.04. The van der Waals surface area contributed by atoms with E-state index in [1.54, 1.807) is 10.9 Å². The number of carbonyl (C=O) groups excluding carboxylic acids is 1. The number of amides is 2. The summed E-state index contributed by atoms with van der Waals surface area (Å²) in [6, 6.07) is 9.93. The van der Waals surface area contributed by atoms with Gasteiger partial charge in [0.2, 0.25) is 0 Å². The molecule has 7 nitrogen and oxygen atoms in total. The van der Waals surface area contributed by atoms with Crippen molar-refractivity contribution in [2.75, 3.05) is 13.1 Å². The van der Waals surface area contributed by atoms with Crippen molar-refractivity contribution in [2.24, 2.45) is 12.2 Å². The zero-order valence-electron chi connectivity index (χ0n) is 14.5. The monoisotopic (exact) mass is 341 g/mol. The van der Waals surface area contributed by atoms with Gasteiger partial charge in [-0.25, -0.2) is 4.79 Å². The lowest BCUT2D eigenvalue weighted by atomic mass is 10.0. The van der Waals surface area contributed by atoms with Crippen molar-refractivity contribution >= 4 is 11.7 Å². The van der Waals surface area contributed by atoms with Crippen molar-refractivity contribution in [3.05, 3.63) is 53.3 Å². The summed E-state index contributed by atoms with van der Waals surface area (Å²) in [4.78, 5) is 17.3. The normalized spacial score (nSPS) is 16.2. The Bertz CT molecular complexity index is 751. The summed E-state index contributed by atoms with van der Waals surface area (Å²) < 4.78 is 1.80. The highest BCUT2D eigenvalue weighted by atomic mass is 16.6. The average Bonchev–Trinajstić information content (AvgIpc) is 3.23. The van der Waals surface area contributed by atoms with E-state index in [2.05, 4.69) is 39.9 Å². The van der Waals surface area contributed by atoms with Crippen molar-refractivity contribution in [2.45, 2.75) is 25.9 Å². The molecular weight excluding hydrogens is 318 g/mol. The number of hydrogen-bond acceptors (Lipinski definition) is 4. The smallest absolute Gasteiger partial charge is 0.314 e. The molecule has 1 aromatic heterocycles. The van der Waals surface area contributed by atoms with Crippen molar-refractivity contribution in [1.29, 1.82) is 0 Å². The fourth-order valence-corrected chi connectivity index (χ4v) is 2.67. The summed E-state index contributed by atoms with van der Waals surface area (Å²) in [7, 11) is 1.89. The highest BCUT2D eigenvalue weighted by Crippen LogP contribution is 2.16. The third-order valence-electron chi connectivity index (χ3n) is 4.20. The van der Waals surface area contributed by atoms with Crippen molar-refractivity contribution < 1.29 is 9.63 Å². The predicted molar refractivity (Wildman–Crippen MR) is 95.5 cm³/mol. The third kappa shape index (κ3) is 4.59. The molecule has 2 amide bonds. The lowest BCUT2D eigenvalue weighted by Gasteiger charge is -2.11. The maximum atomic E-state index is 11.9. The van der Waals surface area contributed by atoms with Crippen LogP contribution in [0.1, 0.15) is 23.2 Å². The Hall–Kier alpha value is -2.83. The largest absolute Gasteiger partial charge is 0.390 e. The molecule has 3 rings (SSSR count). The fraction of sp³-hybridized carbons (Fsp3) is 0.389. The molecule has 0 radical (unpaired) electrons. The van der Waals surface area contributed by atoms with Crippen LogP contribution in [0, 0.1) is 6.92 Å². The second-order valence-electron chi connectivity index (χ2n) is 6.17. The number of aromatic nitrogens is 2. The molecule has 25 heavy (non-hydrogen) atoms. The summed E-state index contributed by atoms with van der Waals surface area (Å²) in [6.07, 6.45) is 3.06. The number of benzene rings is 1. The van der Waals surface area contributed by atoms with E-state index in [1.807, 2.05) is 25.2 Å². The minimum Gasteiger partial charge on any atom is -0.390 e. The Morgan fingerprint density at radius 2 is 2.08 bits per heavy atom. The number of oxime groups is 1. The molecule has 2 heterocycles. The van der Waals surface area contributed by atoms with Gasteiger partial charge in [-0.1, -0.05) is 35.0 Å². The molecule has 2 aromatic rings. The van der Waals surface area contributed by atoms with Gasteiger partial charge in [-0.15, -0.1) is 0 Å². The molecule has 1 aliphatic rings. The number of nitrogens with one attached hydrogen (secondary N) is 2. The zero-order valence-corrected chi connectivity index (χ0v) is 14.5. The summed E-state index contributed by atoms with van der Waals surface area (Å²) in [5, 5.41) is 13.9. The fourth-order valence-electron chi connectivity index (χ4n) is 2.67. The van der Waals surface area contributed by atoms with Crippen LogP contribution in [0.3, 0.4) is 0 Å². The van der Waals surface area contributed by atoms with Crippen LogP contribution in [0.2, 0.25) is 0 Å². The van der Waals surface area contributed by atoms with E-state index in [-0.39, 0.29) is 12.1 Å². The SMILES string of the molecule is Cc1ccc(C2=NOC(CNC(=O)NCCc3ccnn3C)C2)cc1. The molecule has 0 saturated carbocycles. The van der Waals surface area contributed by atoms with Crippen LogP contribution in [0.5, 0.6) is 0 Å². The molecule has 132 valence electrons. The quantitative estimate of drug-likeness (QED) is 0.840. The van der Waals surface area contributed by atoms with E-state index in [4.69, 9.17) is 4.84 Å². The minimum absolute atomic E-state index is 0.126. The highest BCUT2D eigenvalue weighted by molar-refractivity contribution is 6.01. The molecule has 1 aliphatic heterocycles. The van der Waals surface area contributed by atoms with Gasteiger partial charge < -0.3 is 15.5 Å². The number of urea groups is 1. The standard InChI is InChI=1S/C18H23N5O2/c1-13-3-5-14(6-4-13)17-11-16(25-22-17)12-20-18(24)19-9-7-15-8-10-21-23(15)2/h3-6,8,10,16H,7,9,11-12H2,1-2H3,(H2,19,20,24). The van der Waals surface area contributed by atoms with Gasteiger partial charge in [-0.2, -0.15) is 5.10 Å². The Labute approximate surface area is 147 Å². The van der Waals surface area contributed by atoms with Crippen LogP contribution in [-0.2, 0) is 18.3 Å². The molecule has 1 aromatic carbocycles. The van der Waals surface area contributed by atoms with Gasteiger partial charge in [0.05, 0.1) is 12.3 Å². The maximum Gasteiger partial charge on any atom is 0.314 e. The van der Waals surface area contributed by atoms with E-state index in [0.717, 1.165) is 23.4 Å². The predicted octanol–water partition coefficient (Wildman–Crippen LogP) is 1.76. The molecule has 0 bridgehead atoms. The highest BCUT2D eigenvalue weighted by Gasteiger charge is 2.22. The first-order valence-electron chi connectivity index (χ1n) is 8.40. The topological polar surface area (TPSA) is 80.5 Å². The summed E-state index contributed by atoms with van der Waals surface area (Å²) in [5.74, 6) is 0. The Balaban J connectivity index is 1.36. The molecular formula is C18H23N5O2. The van der Waals surface area contributed by atoms with E-state index in [0.29, 0.717) is 19.5 Å². The van der Waals surface area contributed by atoms with E-state index >= 15 is 0 Å². The lowest BCUT2D eigenvalue weighted by Crippen LogP contribution is -2.40. The van der Waals surface area contributed by atoms with E-state index in [9.17, 15) is 4.79 Å². The number of rotatable bonds is 6. The third-order valence-corrected chi connectivity index (χ3v) is 4.20. The number of nitrogens with zero attached hydrogens (tertiary/aromatic N) is 3. The summed E-state index contributed by atoms with van der Waals surface area (Å²) >= 11 is 0. The molecule has 2 N–H and O–H groups in total. The van der Waals surface area contributed by atoms with Gasteiger partial charge in [-0.05, 0) is 18.6 Å². The Morgan fingerprint density at radius 1 is 1.28 bits per heavy atom. The first-order valence-corrected chi connectivity index (χ1v) is 8.40. The van der Waals surface area contributed by atoms with Gasteiger partial charge in [0.15, 0.2) is 6.10 Å². The second kappa shape index (κ2) is 7.83. The molecule has 0 spiro atoms. The lowest BCUT2D eigenvalue weighted by molar-refractivity contribution is 0.0865. The number of hydrogen-bond donors (Lipinski definition) is 2. The van der Waals surface area contributed by atoms with Crippen LogP contribution >= 0.6 is 0 Å². The minimum atomic E-state index is -0.199. The average molecular weight is 341 g/mol. The molecule has 0 saturated heterocycles. The van der Waals surface area contributed by atoms with Gasteiger partial charge in [0, 0.05) is 38.3 Å². The molecule has 0 aliphatic carbocycles. The van der Waals surface area contributed by atoms with Gasteiger partial charge in [0.25, 0.3) is 0 Å². The first kappa shape index (κ1) is 17.0. The van der Waals surface area contributed by atoms with E-state index < -0.39 is 0 Å². The second-order valence-corrected chi connectivity index (χ2v) is 6.17. The van der Waals surface area contributed by atoms with Crippen molar-refractivity contribution in [3.63, 3.8) is 0 Å². The first-order chi connectivity index (χ1) is 12.1. The molecule has 7 heteroatoms. The number of carbonyl (C=O) groups is 1. The Kier molecular flexibility index (Phi) is 5.33. The maximum absolute atomic E-state index is 11.9. The van der Waals surface area contributed by atoms with Gasteiger partial charge >= 0.3 is 6.03 Å². The van der Waals surface area contributed by atoms with Crippen molar-refractivity contribution in [1.82, 2.24) is 20.4 Å². The van der Waals surface area contributed by atoms with Crippen LogP contribution in [0.4, 0.5) is 4.79 Å². The molecule has 1 unspecified atom stereocenters. The van der Waals surface area contributed by atoms with Gasteiger partial charge in [-0.3, -0.25) is 4.68 Å². The summed E-state index contributed by atoms with van der Waals surface area (Å²) in [5.41, 5.74) is 4.27. The molecule has 1 atom stereocenters. The van der Waals surface area contributed by atoms with Crippen LogP contribution in [-0.4, -0.2) is 40.7 Å². The van der Waals surface area contributed by atoms with Crippen LogP contribution < -0.4 is 10.6 Å². The molecule has 0 fully saturated rings. The van der Waals surface area contributed by atoms with Crippen molar-refractivity contribution in [3.8, 4) is 0 Å². The number of aryl methyl sites for hydroxylation is 2. The van der Waals surface area contributed by atoms with Crippen LogP contribution in [0.25, 0.3) is 0 Å². The van der Waals surface area contributed by atoms with Gasteiger partial charge in [0.1, 0.15) is 0 Å². The zero-order chi connectivity index (χ0) is 17.6. The van der Waals surface area contributed by atoms with E-state index in [1.165, 1.54) is 5.56 Å².